The number of likely N-dealkylation sites (N-methyl/N-ethyl adjacent to an activating group) is 1. The maximum absolute atomic E-state index is 14.1. The lowest BCUT2D eigenvalue weighted by Crippen LogP contribution is -2.52. The molecule has 2 atom stereocenters. The number of ether oxygens (including phenoxy) is 1. The Hall–Kier alpha value is -3.52. The summed E-state index contributed by atoms with van der Waals surface area (Å²) < 4.78 is 5.44. The highest BCUT2D eigenvalue weighted by atomic mass is 32.2. The van der Waals surface area contributed by atoms with Crippen molar-refractivity contribution in [2.75, 3.05) is 23.9 Å². The highest BCUT2D eigenvalue weighted by Crippen LogP contribution is 2.28. The number of nitrogens with one attached hydrogen (secondary N) is 2. The van der Waals surface area contributed by atoms with Gasteiger partial charge in [0.2, 0.25) is 5.91 Å². The molecule has 3 rings (SSSR count). The molecule has 7 nitrogen and oxygen atoms in total. The zero-order valence-electron chi connectivity index (χ0n) is 24.5. The SMILES string of the molecule is CCN(C(=O)C(CCSC)NC(=O)OC(C)(C)C)C(C(=O)Nc1ccc2ccccc2c1)c1cc(C)cc(C)c1. The number of nitrogens with zero attached hydrogens (tertiary/aromatic N) is 1. The number of alkyl carbamates (subject to hydrolysis) is 1. The first-order valence-corrected chi connectivity index (χ1v) is 15.0. The van der Waals surface area contributed by atoms with Crippen molar-refractivity contribution in [3.63, 3.8) is 0 Å². The first-order chi connectivity index (χ1) is 18.9. The van der Waals surface area contributed by atoms with Gasteiger partial charge < -0.3 is 20.3 Å². The van der Waals surface area contributed by atoms with Gasteiger partial charge in [0.05, 0.1) is 0 Å². The molecular weight excluding hydrogens is 522 g/mol. The minimum atomic E-state index is -0.903. The van der Waals surface area contributed by atoms with Gasteiger partial charge in [-0.3, -0.25) is 9.59 Å². The van der Waals surface area contributed by atoms with E-state index in [1.807, 2.05) is 87.7 Å². The molecule has 0 fully saturated rings. The third-order valence-electron chi connectivity index (χ3n) is 6.36. The van der Waals surface area contributed by atoms with Gasteiger partial charge in [-0.25, -0.2) is 4.79 Å². The van der Waals surface area contributed by atoms with Crippen LogP contribution in [0, 0.1) is 13.8 Å². The molecule has 3 amide bonds. The number of thioether (sulfide) groups is 1. The van der Waals surface area contributed by atoms with Gasteiger partial charge in [-0.05, 0) is 88.4 Å². The monoisotopic (exact) mass is 563 g/mol. The van der Waals surface area contributed by atoms with Crippen molar-refractivity contribution in [1.29, 1.82) is 0 Å². The summed E-state index contributed by atoms with van der Waals surface area (Å²) in [6.07, 6.45) is 1.69. The Morgan fingerprint density at radius 2 is 1.60 bits per heavy atom. The van der Waals surface area contributed by atoms with E-state index >= 15 is 0 Å². The van der Waals surface area contributed by atoms with Crippen molar-refractivity contribution in [3.8, 4) is 0 Å². The zero-order valence-corrected chi connectivity index (χ0v) is 25.4. The van der Waals surface area contributed by atoms with Gasteiger partial charge in [0.15, 0.2) is 0 Å². The second kappa shape index (κ2) is 13.7. The number of hydrogen-bond acceptors (Lipinski definition) is 5. The lowest BCUT2D eigenvalue weighted by atomic mass is 9.98. The van der Waals surface area contributed by atoms with Crippen molar-refractivity contribution in [2.45, 2.75) is 65.6 Å². The van der Waals surface area contributed by atoms with E-state index in [4.69, 9.17) is 4.74 Å². The first-order valence-electron chi connectivity index (χ1n) is 13.6. The van der Waals surface area contributed by atoms with E-state index in [9.17, 15) is 14.4 Å². The largest absolute Gasteiger partial charge is 0.444 e. The Labute approximate surface area is 242 Å². The number of carbonyl (C=O) groups is 3. The summed E-state index contributed by atoms with van der Waals surface area (Å²) in [7, 11) is 0. The van der Waals surface area contributed by atoms with Crippen molar-refractivity contribution in [1.82, 2.24) is 10.2 Å². The summed E-state index contributed by atoms with van der Waals surface area (Å²) in [6, 6.07) is 17.8. The molecule has 0 saturated heterocycles. The van der Waals surface area contributed by atoms with E-state index in [2.05, 4.69) is 10.6 Å². The second-order valence-electron chi connectivity index (χ2n) is 11.0. The van der Waals surface area contributed by atoms with Crippen LogP contribution in [0.25, 0.3) is 10.8 Å². The van der Waals surface area contributed by atoms with Crippen molar-refractivity contribution in [3.05, 3.63) is 77.4 Å². The van der Waals surface area contributed by atoms with E-state index in [1.54, 1.807) is 37.4 Å². The predicted molar refractivity (Wildman–Crippen MR) is 165 cm³/mol. The Morgan fingerprint density at radius 1 is 0.950 bits per heavy atom. The molecule has 214 valence electrons. The van der Waals surface area contributed by atoms with E-state index in [0.717, 1.165) is 21.9 Å². The molecule has 0 spiro atoms. The minimum absolute atomic E-state index is 0.271. The maximum atomic E-state index is 14.1. The number of carbonyl (C=O) groups excluding carboxylic acids is 3. The Bertz CT molecular complexity index is 1330. The summed E-state index contributed by atoms with van der Waals surface area (Å²) in [4.78, 5) is 42.3. The third kappa shape index (κ3) is 8.49. The Morgan fingerprint density at radius 3 is 2.20 bits per heavy atom. The van der Waals surface area contributed by atoms with Gasteiger partial charge >= 0.3 is 6.09 Å². The van der Waals surface area contributed by atoms with E-state index in [1.165, 1.54) is 0 Å². The lowest BCUT2D eigenvalue weighted by molar-refractivity contribution is -0.140. The first kappa shape index (κ1) is 31.0. The summed E-state index contributed by atoms with van der Waals surface area (Å²) in [5.41, 5.74) is 2.64. The predicted octanol–water partition coefficient (Wildman–Crippen LogP) is 6.63. The molecule has 2 unspecified atom stereocenters. The number of anilines is 1. The zero-order chi connectivity index (χ0) is 29.4. The van der Waals surface area contributed by atoms with Crippen LogP contribution in [0.4, 0.5) is 10.5 Å². The minimum Gasteiger partial charge on any atom is -0.444 e. The lowest BCUT2D eigenvalue weighted by Gasteiger charge is -2.34. The molecule has 0 aliphatic heterocycles. The fourth-order valence-electron chi connectivity index (χ4n) is 4.73. The van der Waals surface area contributed by atoms with Crippen LogP contribution in [0.1, 0.15) is 56.8 Å². The average molecular weight is 564 g/mol. The van der Waals surface area contributed by atoms with Crippen molar-refractivity contribution in [2.24, 2.45) is 0 Å². The Balaban J connectivity index is 1.99. The number of aryl methyl sites for hydroxylation is 2. The molecule has 40 heavy (non-hydrogen) atoms. The molecule has 0 aromatic heterocycles. The molecule has 0 aliphatic rings. The van der Waals surface area contributed by atoms with Crippen LogP contribution in [-0.4, -0.2) is 53.0 Å². The molecule has 8 heteroatoms. The highest BCUT2D eigenvalue weighted by Gasteiger charge is 2.35. The van der Waals surface area contributed by atoms with Crippen molar-refractivity contribution >= 4 is 46.1 Å². The molecule has 3 aromatic rings. The summed E-state index contributed by atoms with van der Waals surface area (Å²) in [5.74, 6) is -0.00190. The molecule has 0 heterocycles. The average Bonchev–Trinajstić information content (AvgIpc) is 2.87. The van der Waals surface area contributed by atoms with Gasteiger partial charge in [-0.1, -0.05) is 59.7 Å². The van der Waals surface area contributed by atoms with E-state index < -0.39 is 23.8 Å². The number of amides is 3. The summed E-state index contributed by atoms with van der Waals surface area (Å²) >= 11 is 1.58. The van der Waals surface area contributed by atoms with Crippen LogP contribution < -0.4 is 10.6 Å². The van der Waals surface area contributed by atoms with Gasteiger partial charge in [-0.2, -0.15) is 11.8 Å². The molecule has 0 aliphatic carbocycles. The van der Waals surface area contributed by atoms with Gasteiger partial charge in [0, 0.05) is 12.2 Å². The van der Waals surface area contributed by atoms with Crippen LogP contribution in [0.15, 0.2) is 60.7 Å². The van der Waals surface area contributed by atoms with Gasteiger partial charge in [0.25, 0.3) is 5.91 Å². The second-order valence-corrected chi connectivity index (χ2v) is 12.0. The van der Waals surface area contributed by atoms with E-state index in [-0.39, 0.29) is 18.4 Å². The summed E-state index contributed by atoms with van der Waals surface area (Å²) in [6.45, 7) is 11.4. The highest BCUT2D eigenvalue weighted by molar-refractivity contribution is 7.98. The third-order valence-corrected chi connectivity index (χ3v) is 7.00. The van der Waals surface area contributed by atoms with Gasteiger partial charge in [-0.15, -0.1) is 0 Å². The quantitative estimate of drug-likeness (QED) is 0.289. The molecule has 0 radical (unpaired) electrons. The molecular formula is C32H41N3O4S. The molecule has 2 N–H and O–H groups in total. The van der Waals surface area contributed by atoms with Crippen molar-refractivity contribution < 1.29 is 19.1 Å². The summed E-state index contributed by atoms with van der Waals surface area (Å²) in [5, 5.41) is 7.89. The Kier molecular flexibility index (Phi) is 10.6. The maximum Gasteiger partial charge on any atom is 0.408 e. The van der Waals surface area contributed by atoms with Crippen LogP contribution >= 0.6 is 11.8 Å². The van der Waals surface area contributed by atoms with Crippen LogP contribution in [0.5, 0.6) is 0 Å². The van der Waals surface area contributed by atoms with E-state index in [0.29, 0.717) is 23.4 Å². The molecule has 3 aromatic carbocycles. The van der Waals surface area contributed by atoms with Crippen LogP contribution in [-0.2, 0) is 14.3 Å². The number of hydrogen-bond donors (Lipinski definition) is 2. The van der Waals surface area contributed by atoms with Crippen LogP contribution in [0.3, 0.4) is 0 Å². The fourth-order valence-corrected chi connectivity index (χ4v) is 5.20. The topological polar surface area (TPSA) is 87.7 Å². The number of benzene rings is 3. The molecule has 0 saturated carbocycles. The number of rotatable bonds is 10. The fraction of sp³-hybridized carbons (Fsp3) is 0.406. The standard InChI is InChI=1S/C32H41N3O4S/c1-8-35(30(37)27(15-16-40-7)34-31(38)39-32(4,5)6)28(25-18-21(2)17-22(3)19-25)29(36)33-26-14-13-23-11-9-10-12-24(23)20-26/h9-14,17-20,27-28H,8,15-16H2,1-7H3,(H,33,36)(H,34,38). The van der Waals surface area contributed by atoms with Crippen LogP contribution in [0.2, 0.25) is 0 Å². The molecule has 0 bridgehead atoms. The normalized spacial score (nSPS) is 12.9. The smallest absolute Gasteiger partial charge is 0.408 e. The number of fused-ring (bicyclic) bond motifs is 1. The van der Waals surface area contributed by atoms with Gasteiger partial charge in [0.1, 0.15) is 17.7 Å².